The Bertz CT molecular complexity index is 306. The molecule has 6 heteroatoms. The molecule has 0 bridgehead atoms. The Morgan fingerprint density at radius 1 is 1.47 bits per heavy atom. The van der Waals surface area contributed by atoms with Gasteiger partial charge in [-0.1, -0.05) is 0 Å². The van der Waals surface area contributed by atoms with Gasteiger partial charge < -0.3 is 30.1 Å². The van der Waals surface area contributed by atoms with E-state index >= 15 is 0 Å². The van der Waals surface area contributed by atoms with E-state index in [1.165, 1.54) is 0 Å². The standard InChI is InChI=1S/C13H27NO5/c1-7(2)18-13(4)6-9(16)10(14-5)12(19-13)11(17)8(3)15/h7-12,14-17H,6H2,1-5H3/i3D. The Morgan fingerprint density at radius 3 is 2.58 bits per heavy atom. The van der Waals surface area contributed by atoms with Gasteiger partial charge in [-0.3, -0.25) is 0 Å². The van der Waals surface area contributed by atoms with E-state index < -0.39 is 36.2 Å². The highest BCUT2D eigenvalue weighted by Crippen LogP contribution is 2.33. The lowest BCUT2D eigenvalue weighted by atomic mass is 9.89. The van der Waals surface area contributed by atoms with Crippen molar-refractivity contribution in [1.29, 1.82) is 0 Å². The molecule has 6 nitrogen and oxygen atoms in total. The second kappa shape index (κ2) is 6.47. The summed E-state index contributed by atoms with van der Waals surface area (Å²) in [7, 11) is 1.65. The predicted octanol–water partition coefficient (Wildman–Crippen LogP) is -0.393. The van der Waals surface area contributed by atoms with E-state index in [2.05, 4.69) is 5.32 Å². The van der Waals surface area contributed by atoms with Crippen molar-refractivity contribution in [3.63, 3.8) is 0 Å². The average molecular weight is 278 g/mol. The van der Waals surface area contributed by atoms with Gasteiger partial charge in [-0.2, -0.15) is 0 Å². The summed E-state index contributed by atoms with van der Waals surface area (Å²) in [5.41, 5.74) is 0. The minimum absolute atomic E-state index is 0.0998. The number of aliphatic hydroxyl groups is 3. The quantitative estimate of drug-likeness (QED) is 0.547. The van der Waals surface area contributed by atoms with Crippen LogP contribution in [0.4, 0.5) is 0 Å². The first-order valence-electron chi connectivity index (χ1n) is 7.31. The minimum Gasteiger partial charge on any atom is -0.391 e. The fourth-order valence-electron chi connectivity index (χ4n) is 2.57. The van der Waals surface area contributed by atoms with Crippen LogP contribution in [0.25, 0.3) is 0 Å². The Hall–Kier alpha value is -0.240. The largest absolute Gasteiger partial charge is 0.391 e. The normalized spacial score (nSPS) is 40.0. The molecule has 0 aromatic heterocycles. The van der Waals surface area contributed by atoms with Crippen molar-refractivity contribution < 1.29 is 26.2 Å². The van der Waals surface area contributed by atoms with Gasteiger partial charge in [-0.05, 0) is 34.7 Å². The number of ether oxygens (including phenoxy) is 2. The molecule has 1 fully saturated rings. The molecule has 1 saturated heterocycles. The van der Waals surface area contributed by atoms with Crippen molar-refractivity contribution in [3.05, 3.63) is 0 Å². The maximum Gasteiger partial charge on any atom is 0.168 e. The third-order valence-corrected chi connectivity index (χ3v) is 3.28. The predicted molar refractivity (Wildman–Crippen MR) is 70.7 cm³/mol. The van der Waals surface area contributed by atoms with Gasteiger partial charge in [-0.15, -0.1) is 0 Å². The van der Waals surface area contributed by atoms with E-state index in [4.69, 9.17) is 10.8 Å². The summed E-state index contributed by atoms with van der Waals surface area (Å²) >= 11 is 0. The van der Waals surface area contributed by atoms with Crippen LogP contribution in [-0.4, -0.2) is 64.7 Å². The summed E-state index contributed by atoms with van der Waals surface area (Å²) in [6.07, 6.45) is -3.98. The highest BCUT2D eigenvalue weighted by atomic mass is 16.7. The molecule has 0 radical (unpaired) electrons. The number of hydrogen-bond acceptors (Lipinski definition) is 6. The summed E-state index contributed by atoms with van der Waals surface area (Å²) in [4.78, 5) is 0. The van der Waals surface area contributed by atoms with Crippen LogP contribution in [0.2, 0.25) is 0 Å². The molecule has 1 aliphatic rings. The van der Waals surface area contributed by atoms with Crippen LogP contribution >= 0.6 is 0 Å². The maximum absolute atomic E-state index is 10.2. The summed E-state index contributed by atoms with van der Waals surface area (Å²) in [5, 5.41) is 32.9. The fraction of sp³-hybridized carbons (Fsp3) is 1.00. The van der Waals surface area contributed by atoms with Crippen molar-refractivity contribution in [2.45, 2.75) is 76.4 Å². The molecule has 0 saturated carbocycles. The topological polar surface area (TPSA) is 91.2 Å². The molecule has 1 rings (SSSR count). The lowest BCUT2D eigenvalue weighted by Gasteiger charge is -2.47. The molecule has 0 aromatic carbocycles. The van der Waals surface area contributed by atoms with E-state index in [0.717, 1.165) is 0 Å². The molecule has 1 aliphatic heterocycles. The van der Waals surface area contributed by atoms with Crippen LogP contribution in [0.15, 0.2) is 0 Å². The first-order chi connectivity index (χ1) is 9.24. The van der Waals surface area contributed by atoms with Gasteiger partial charge in [0.05, 0.1) is 24.4 Å². The molecule has 1 heterocycles. The van der Waals surface area contributed by atoms with Gasteiger partial charge in [0, 0.05) is 7.79 Å². The van der Waals surface area contributed by atoms with E-state index in [0.29, 0.717) is 0 Å². The Kier molecular flexibility index (Phi) is 5.16. The molecular formula is C13H27NO5. The first-order valence-corrected chi connectivity index (χ1v) is 6.60. The summed E-state index contributed by atoms with van der Waals surface area (Å²) in [6, 6.07) is -0.532. The van der Waals surface area contributed by atoms with E-state index in [1.54, 1.807) is 14.0 Å². The van der Waals surface area contributed by atoms with Crippen molar-refractivity contribution in [2.24, 2.45) is 0 Å². The molecule has 0 amide bonds. The third-order valence-electron chi connectivity index (χ3n) is 3.28. The number of rotatable bonds is 5. The van der Waals surface area contributed by atoms with Gasteiger partial charge in [0.2, 0.25) is 0 Å². The smallest absolute Gasteiger partial charge is 0.168 e. The second-order valence-corrected chi connectivity index (χ2v) is 5.53. The second-order valence-electron chi connectivity index (χ2n) is 5.53. The zero-order valence-electron chi connectivity index (χ0n) is 13.0. The van der Waals surface area contributed by atoms with Gasteiger partial charge in [-0.25, -0.2) is 0 Å². The first kappa shape index (κ1) is 15.2. The molecule has 6 unspecified atom stereocenters. The summed E-state index contributed by atoms with van der Waals surface area (Å²) in [5.74, 6) is -1.03. The Balaban J connectivity index is 2.91. The van der Waals surface area contributed by atoms with E-state index in [1.807, 2.05) is 13.8 Å². The van der Waals surface area contributed by atoms with Crippen molar-refractivity contribution in [1.82, 2.24) is 5.32 Å². The third kappa shape index (κ3) is 4.11. The molecule has 4 N–H and O–H groups in total. The monoisotopic (exact) mass is 278 g/mol. The lowest BCUT2D eigenvalue weighted by Crippen LogP contribution is -2.64. The Morgan fingerprint density at radius 2 is 2.11 bits per heavy atom. The van der Waals surface area contributed by atoms with Crippen LogP contribution in [0, 0.1) is 0 Å². The van der Waals surface area contributed by atoms with Crippen LogP contribution < -0.4 is 5.32 Å². The van der Waals surface area contributed by atoms with Gasteiger partial charge >= 0.3 is 0 Å². The van der Waals surface area contributed by atoms with Gasteiger partial charge in [0.25, 0.3) is 0 Å². The van der Waals surface area contributed by atoms with Crippen LogP contribution in [-0.2, 0) is 9.47 Å². The molecule has 0 aromatic rings. The number of aliphatic hydroxyl groups excluding tert-OH is 3. The van der Waals surface area contributed by atoms with Crippen LogP contribution in [0.3, 0.4) is 0 Å². The number of hydrogen-bond donors (Lipinski definition) is 4. The summed E-state index contributed by atoms with van der Waals surface area (Å²) in [6.45, 7) is 5.08. The molecule has 0 spiro atoms. The fourth-order valence-corrected chi connectivity index (χ4v) is 2.57. The van der Waals surface area contributed by atoms with E-state index in [9.17, 15) is 15.3 Å². The van der Waals surface area contributed by atoms with Crippen molar-refractivity contribution >= 4 is 0 Å². The zero-order valence-corrected chi connectivity index (χ0v) is 12.0. The minimum atomic E-state index is -1.27. The average Bonchev–Trinajstić information content (AvgIpc) is 2.34. The number of likely N-dealkylation sites (N-methyl/N-ethyl adjacent to an activating group) is 1. The highest BCUT2D eigenvalue weighted by molar-refractivity contribution is 4.96. The van der Waals surface area contributed by atoms with Gasteiger partial charge in [0.1, 0.15) is 12.2 Å². The van der Waals surface area contributed by atoms with Crippen LogP contribution in [0.5, 0.6) is 0 Å². The summed E-state index contributed by atoms with van der Waals surface area (Å²) < 4.78 is 18.7. The van der Waals surface area contributed by atoms with Crippen molar-refractivity contribution in [3.8, 4) is 0 Å². The number of nitrogens with one attached hydrogen (secondary N) is 1. The molecular weight excluding hydrogens is 250 g/mol. The van der Waals surface area contributed by atoms with Crippen LogP contribution in [0.1, 0.15) is 35.5 Å². The Labute approximate surface area is 116 Å². The van der Waals surface area contributed by atoms with Crippen molar-refractivity contribution in [2.75, 3.05) is 7.05 Å². The lowest BCUT2D eigenvalue weighted by molar-refractivity contribution is -0.319. The molecule has 0 aliphatic carbocycles. The zero-order chi connectivity index (χ0) is 15.5. The van der Waals surface area contributed by atoms with E-state index in [-0.39, 0.29) is 19.4 Å². The SMILES string of the molecule is [2H]CC(O)C(O)C1OC(C)(OC(C)C)CC(O)C1NC. The maximum atomic E-state index is 10.2. The molecule has 19 heavy (non-hydrogen) atoms. The van der Waals surface area contributed by atoms with Gasteiger partial charge in [0.15, 0.2) is 5.79 Å². The molecule has 6 atom stereocenters. The highest BCUT2D eigenvalue weighted by Gasteiger charge is 2.48. The molecule has 114 valence electrons.